The fourth-order valence-corrected chi connectivity index (χ4v) is 1.94. The second-order valence-corrected chi connectivity index (χ2v) is 5.28. The van der Waals surface area contributed by atoms with E-state index in [1.165, 1.54) is 17.3 Å². The molecule has 0 aliphatic rings. The first-order valence-electron chi connectivity index (χ1n) is 4.65. The Hall–Kier alpha value is -0.540. The molecule has 1 aromatic carbocycles. The molecule has 0 bridgehead atoms. The van der Waals surface area contributed by atoms with Crippen LogP contribution >= 0.6 is 27.7 Å². The summed E-state index contributed by atoms with van der Waals surface area (Å²) >= 11 is 4.81. The van der Waals surface area contributed by atoms with Gasteiger partial charge in [0.05, 0.1) is 0 Å². The molecule has 0 unspecified atom stereocenters. The highest BCUT2D eigenvalue weighted by atomic mass is 79.9. The summed E-state index contributed by atoms with van der Waals surface area (Å²) in [5.41, 5.74) is 2.39. The number of halogens is 1. The Balaban J connectivity index is 2.63. The number of hydrogen-bond acceptors (Lipinski definition) is 2. The van der Waals surface area contributed by atoms with Crippen molar-refractivity contribution in [3.63, 3.8) is 0 Å². The molecule has 0 aromatic heterocycles. The molecule has 1 aromatic rings. The van der Waals surface area contributed by atoms with Crippen molar-refractivity contribution < 1.29 is 4.79 Å². The van der Waals surface area contributed by atoms with Crippen molar-refractivity contribution in [2.24, 2.45) is 0 Å². The Morgan fingerprint density at radius 3 is 2.93 bits per heavy atom. The lowest BCUT2D eigenvalue weighted by atomic mass is 10.1. The van der Waals surface area contributed by atoms with E-state index in [0.717, 1.165) is 15.8 Å². The zero-order valence-corrected chi connectivity index (χ0v) is 11.2. The van der Waals surface area contributed by atoms with Crippen LogP contribution in [0.5, 0.6) is 0 Å². The van der Waals surface area contributed by atoms with Gasteiger partial charge in [-0.2, -0.15) is 0 Å². The minimum Gasteiger partial charge on any atom is -0.288 e. The lowest BCUT2D eigenvalue weighted by Gasteiger charge is -1.99. The quantitative estimate of drug-likeness (QED) is 0.833. The van der Waals surface area contributed by atoms with Crippen molar-refractivity contribution in [1.29, 1.82) is 0 Å². The Morgan fingerprint density at radius 1 is 1.53 bits per heavy atom. The van der Waals surface area contributed by atoms with Gasteiger partial charge in [-0.3, -0.25) is 4.79 Å². The molecule has 0 aliphatic heterocycles. The van der Waals surface area contributed by atoms with Gasteiger partial charge < -0.3 is 0 Å². The van der Waals surface area contributed by atoms with E-state index in [0.29, 0.717) is 0 Å². The smallest absolute Gasteiger partial charge is 0.186 e. The number of aryl methyl sites for hydroxylation is 1. The van der Waals surface area contributed by atoms with Gasteiger partial charge in [0, 0.05) is 17.1 Å². The summed E-state index contributed by atoms with van der Waals surface area (Å²) in [5, 5.41) is 0.156. The minimum absolute atomic E-state index is 0.156. The number of hydrogen-bond donors (Lipinski definition) is 0. The number of carbonyl (C=O) groups is 1. The standard InChI is InChI=1S/C12H13BrOS/c1-9-5-6-12(13)11(8-9)4-3-7-15-10(2)14/h3-6,8H,7H2,1-2H3. The average molecular weight is 285 g/mol. The molecule has 0 N–H and O–H groups in total. The van der Waals surface area contributed by atoms with Crippen molar-refractivity contribution in [3.8, 4) is 0 Å². The highest BCUT2D eigenvalue weighted by Gasteiger charge is 1.95. The summed E-state index contributed by atoms with van der Waals surface area (Å²) in [7, 11) is 0. The largest absolute Gasteiger partial charge is 0.288 e. The van der Waals surface area contributed by atoms with Crippen molar-refractivity contribution in [3.05, 3.63) is 39.9 Å². The van der Waals surface area contributed by atoms with Gasteiger partial charge in [-0.15, -0.1) is 0 Å². The van der Waals surface area contributed by atoms with Crippen molar-refractivity contribution in [2.75, 3.05) is 5.75 Å². The van der Waals surface area contributed by atoms with Crippen LogP contribution in [0.3, 0.4) is 0 Å². The molecule has 0 radical (unpaired) electrons. The van der Waals surface area contributed by atoms with E-state index in [1.54, 1.807) is 6.92 Å². The predicted molar refractivity (Wildman–Crippen MR) is 71.1 cm³/mol. The van der Waals surface area contributed by atoms with Crippen LogP contribution in [0.4, 0.5) is 0 Å². The first kappa shape index (κ1) is 12.5. The minimum atomic E-state index is 0.156. The highest BCUT2D eigenvalue weighted by Crippen LogP contribution is 2.19. The third kappa shape index (κ3) is 4.67. The van der Waals surface area contributed by atoms with Crippen LogP contribution in [0.2, 0.25) is 0 Å². The molecular formula is C12H13BrOS. The molecule has 0 spiro atoms. The Kier molecular flexibility index (Phi) is 5.12. The van der Waals surface area contributed by atoms with Gasteiger partial charge in [0.15, 0.2) is 5.12 Å². The molecule has 0 amide bonds. The summed E-state index contributed by atoms with van der Waals surface area (Å²) < 4.78 is 1.08. The van der Waals surface area contributed by atoms with Gasteiger partial charge in [-0.05, 0) is 18.6 Å². The van der Waals surface area contributed by atoms with Crippen molar-refractivity contribution >= 4 is 38.9 Å². The second-order valence-electron chi connectivity index (χ2n) is 3.23. The van der Waals surface area contributed by atoms with Crippen LogP contribution < -0.4 is 0 Å². The van der Waals surface area contributed by atoms with Gasteiger partial charge >= 0.3 is 0 Å². The summed E-state index contributed by atoms with van der Waals surface area (Å²) in [4.78, 5) is 10.7. The summed E-state index contributed by atoms with van der Waals surface area (Å²) in [5.74, 6) is 0.732. The molecule has 0 heterocycles. The summed E-state index contributed by atoms with van der Waals surface area (Å²) in [6.07, 6.45) is 4.04. The molecule has 0 fully saturated rings. The maximum Gasteiger partial charge on any atom is 0.186 e. The molecule has 0 atom stereocenters. The first-order chi connectivity index (χ1) is 7.09. The molecule has 0 aliphatic carbocycles. The second kappa shape index (κ2) is 6.13. The number of thioether (sulfide) groups is 1. The number of benzene rings is 1. The van der Waals surface area contributed by atoms with Crippen LogP contribution in [0, 0.1) is 6.92 Å². The Morgan fingerprint density at radius 2 is 2.27 bits per heavy atom. The van der Waals surface area contributed by atoms with E-state index in [9.17, 15) is 4.79 Å². The van der Waals surface area contributed by atoms with Crippen molar-refractivity contribution in [1.82, 2.24) is 0 Å². The summed E-state index contributed by atoms with van der Waals surface area (Å²) in [6.45, 7) is 3.65. The summed E-state index contributed by atoms with van der Waals surface area (Å²) in [6, 6.07) is 6.21. The third-order valence-corrected chi connectivity index (χ3v) is 3.32. The monoisotopic (exact) mass is 284 g/mol. The predicted octanol–water partition coefficient (Wildman–Crippen LogP) is 4.05. The fraction of sp³-hybridized carbons (Fsp3) is 0.250. The molecule has 0 saturated heterocycles. The maximum absolute atomic E-state index is 10.7. The van der Waals surface area contributed by atoms with E-state index >= 15 is 0 Å². The average Bonchev–Trinajstić information content (AvgIpc) is 2.17. The van der Waals surface area contributed by atoms with Crippen LogP contribution in [0.1, 0.15) is 18.1 Å². The Labute approximate surface area is 103 Å². The number of rotatable bonds is 3. The van der Waals surface area contributed by atoms with E-state index in [1.807, 2.05) is 18.2 Å². The van der Waals surface area contributed by atoms with Gasteiger partial charge in [0.25, 0.3) is 0 Å². The van der Waals surface area contributed by atoms with Gasteiger partial charge in [0.1, 0.15) is 0 Å². The van der Waals surface area contributed by atoms with Crippen LogP contribution in [0.15, 0.2) is 28.7 Å². The van der Waals surface area contributed by atoms with E-state index in [2.05, 4.69) is 35.0 Å². The third-order valence-electron chi connectivity index (χ3n) is 1.83. The fourth-order valence-electron chi connectivity index (χ4n) is 1.13. The molecule has 80 valence electrons. The molecule has 15 heavy (non-hydrogen) atoms. The lowest BCUT2D eigenvalue weighted by Crippen LogP contribution is -1.82. The van der Waals surface area contributed by atoms with Gasteiger partial charge in [0.2, 0.25) is 0 Å². The Bertz CT molecular complexity index is 385. The van der Waals surface area contributed by atoms with Crippen LogP contribution in [-0.2, 0) is 4.79 Å². The van der Waals surface area contributed by atoms with Crippen LogP contribution in [-0.4, -0.2) is 10.9 Å². The molecular weight excluding hydrogens is 272 g/mol. The lowest BCUT2D eigenvalue weighted by molar-refractivity contribution is -0.109. The topological polar surface area (TPSA) is 17.1 Å². The molecule has 0 saturated carbocycles. The SMILES string of the molecule is CC(=O)SCC=Cc1cc(C)ccc1Br. The normalized spacial score (nSPS) is 10.9. The van der Waals surface area contributed by atoms with Gasteiger partial charge in [-0.1, -0.05) is 57.5 Å². The van der Waals surface area contributed by atoms with Gasteiger partial charge in [-0.25, -0.2) is 0 Å². The first-order valence-corrected chi connectivity index (χ1v) is 6.43. The molecule has 1 rings (SSSR count). The zero-order valence-electron chi connectivity index (χ0n) is 8.79. The van der Waals surface area contributed by atoms with Crippen LogP contribution in [0.25, 0.3) is 6.08 Å². The maximum atomic E-state index is 10.7. The van der Waals surface area contributed by atoms with Crippen molar-refractivity contribution in [2.45, 2.75) is 13.8 Å². The molecule has 3 heteroatoms. The molecule has 1 nitrogen and oxygen atoms in total. The highest BCUT2D eigenvalue weighted by molar-refractivity contribution is 9.10. The van der Waals surface area contributed by atoms with E-state index < -0.39 is 0 Å². The van der Waals surface area contributed by atoms with E-state index in [4.69, 9.17) is 0 Å². The van der Waals surface area contributed by atoms with E-state index in [-0.39, 0.29) is 5.12 Å². The number of carbonyl (C=O) groups excluding carboxylic acids is 1. The zero-order chi connectivity index (χ0) is 11.3.